The Hall–Kier alpha value is -3.09. The molecule has 0 aliphatic heterocycles. The molecule has 0 saturated carbocycles. The highest BCUT2D eigenvalue weighted by Gasteiger charge is 2.36. The van der Waals surface area contributed by atoms with Crippen LogP contribution in [0.3, 0.4) is 0 Å². The summed E-state index contributed by atoms with van der Waals surface area (Å²) in [6.45, 7) is 4.00. The van der Waals surface area contributed by atoms with Crippen molar-refractivity contribution in [1.29, 1.82) is 0 Å². The first kappa shape index (κ1) is 21.6. The number of aromatic nitrogens is 3. The Balaban J connectivity index is 1.87. The molecule has 5 nitrogen and oxygen atoms in total. The second-order valence-electron chi connectivity index (χ2n) is 7.26. The molecule has 0 atom stereocenters. The number of carboxylic acid groups (broad SMARTS) is 1. The second kappa shape index (κ2) is 9.15. The fourth-order valence-electron chi connectivity index (χ4n) is 3.37. The lowest BCUT2D eigenvalue weighted by Gasteiger charge is -2.10. The van der Waals surface area contributed by atoms with E-state index in [1.54, 1.807) is 35.9 Å². The van der Waals surface area contributed by atoms with Crippen molar-refractivity contribution in [3.05, 3.63) is 71.3 Å². The van der Waals surface area contributed by atoms with Crippen LogP contribution in [0.4, 0.5) is 8.78 Å². The van der Waals surface area contributed by atoms with Gasteiger partial charge in [-0.15, -0.1) is 5.10 Å². The van der Waals surface area contributed by atoms with E-state index >= 15 is 0 Å². The average Bonchev–Trinajstić information content (AvgIpc) is 3.12. The predicted molar refractivity (Wildman–Crippen MR) is 111 cm³/mol. The van der Waals surface area contributed by atoms with Crippen molar-refractivity contribution < 1.29 is 18.7 Å². The summed E-state index contributed by atoms with van der Waals surface area (Å²) in [7, 11) is 0. The first-order valence-electron chi connectivity index (χ1n) is 10.1. The summed E-state index contributed by atoms with van der Waals surface area (Å²) < 4.78 is 30.1. The van der Waals surface area contributed by atoms with Gasteiger partial charge in [0, 0.05) is 12.8 Å². The smallest absolute Gasteiger partial charge is 0.336 e. The lowest BCUT2D eigenvalue weighted by atomic mass is 9.99. The number of halogens is 2. The Morgan fingerprint density at radius 2 is 1.77 bits per heavy atom. The SMILES string of the molecule is CCCc1nc(C(F)(F)CCC)nn1Cc1ccc(-c2ccccc2C(=O)O)cc1. The van der Waals surface area contributed by atoms with Crippen LogP contribution in [0.25, 0.3) is 11.1 Å². The van der Waals surface area contributed by atoms with Gasteiger partial charge in [-0.1, -0.05) is 56.3 Å². The number of carboxylic acids is 1. The topological polar surface area (TPSA) is 68.0 Å². The summed E-state index contributed by atoms with van der Waals surface area (Å²) in [5.41, 5.74) is 2.51. The highest BCUT2D eigenvalue weighted by atomic mass is 19.3. The van der Waals surface area contributed by atoms with Crippen LogP contribution in [0, 0.1) is 0 Å². The van der Waals surface area contributed by atoms with E-state index in [9.17, 15) is 18.7 Å². The predicted octanol–water partition coefficient (Wildman–Crippen LogP) is 5.54. The van der Waals surface area contributed by atoms with E-state index in [1.165, 1.54) is 0 Å². The van der Waals surface area contributed by atoms with Gasteiger partial charge in [0.05, 0.1) is 12.1 Å². The summed E-state index contributed by atoms with van der Waals surface area (Å²) in [6.07, 6.45) is 1.42. The molecule has 0 aliphatic rings. The number of aryl methyl sites for hydroxylation is 1. The van der Waals surface area contributed by atoms with E-state index in [4.69, 9.17) is 0 Å². The summed E-state index contributed by atoms with van der Waals surface area (Å²) in [5.74, 6) is -3.89. The van der Waals surface area contributed by atoms with E-state index in [0.29, 0.717) is 30.8 Å². The molecule has 0 bridgehead atoms. The van der Waals surface area contributed by atoms with Gasteiger partial charge in [-0.3, -0.25) is 0 Å². The van der Waals surface area contributed by atoms with E-state index in [0.717, 1.165) is 17.5 Å². The number of alkyl halides is 2. The average molecular weight is 413 g/mol. The van der Waals surface area contributed by atoms with Gasteiger partial charge in [0.25, 0.3) is 0 Å². The molecule has 0 aliphatic carbocycles. The van der Waals surface area contributed by atoms with Crippen LogP contribution < -0.4 is 0 Å². The minimum Gasteiger partial charge on any atom is -0.478 e. The van der Waals surface area contributed by atoms with Crippen LogP contribution in [-0.2, 0) is 18.9 Å². The first-order chi connectivity index (χ1) is 14.4. The van der Waals surface area contributed by atoms with E-state index in [2.05, 4.69) is 10.1 Å². The van der Waals surface area contributed by atoms with Crippen LogP contribution in [0.1, 0.15) is 60.7 Å². The van der Waals surface area contributed by atoms with Crippen LogP contribution in [0.5, 0.6) is 0 Å². The van der Waals surface area contributed by atoms with Gasteiger partial charge in [-0.25, -0.2) is 14.5 Å². The number of hydrogen-bond donors (Lipinski definition) is 1. The van der Waals surface area contributed by atoms with Crippen LogP contribution in [0.2, 0.25) is 0 Å². The molecule has 0 amide bonds. The number of carbonyl (C=O) groups is 1. The maximum absolute atomic E-state index is 14.3. The molecule has 0 saturated heterocycles. The zero-order valence-corrected chi connectivity index (χ0v) is 17.1. The third kappa shape index (κ3) is 4.72. The third-order valence-electron chi connectivity index (χ3n) is 4.87. The molecule has 2 aromatic carbocycles. The molecule has 1 N–H and O–H groups in total. The monoisotopic (exact) mass is 413 g/mol. The van der Waals surface area contributed by atoms with Crippen molar-refractivity contribution in [2.24, 2.45) is 0 Å². The second-order valence-corrected chi connectivity index (χ2v) is 7.26. The highest BCUT2D eigenvalue weighted by Crippen LogP contribution is 2.31. The maximum atomic E-state index is 14.3. The molecular formula is C23H25F2N3O2. The molecule has 3 aromatic rings. The third-order valence-corrected chi connectivity index (χ3v) is 4.87. The minimum absolute atomic E-state index is 0.231. The van der Waals surface area contributed by atoms with Gasteiger partial charge < -0.3 is 5.11 Å². The number of benzene rings is 2. The molecule has 0 fully saturated rings. The molecule has 158 valence electrons. The Morgan fingerprint density at radius 1 is 1.07 bits per heavy atom. The van der Waals surface area contributed by atoms with Gasteiger partial charge in [0.2, 0.25) is 5.82 Å². The molecule has 1 aromatic heterocycles. The molecule has 1 heterocycles. The van der Waals surface area contributed by atoms with Gasteiger partial charge in [-0.05, 0) is 35.6 Å². The molecular weight excluding hydrogens is 388 g/mol. The number of rotatable bonds is 9. The van der Waals surface area contributed by atoms with Gasteiger partial charge >= 0.3 is 11.9 Å². The van der Waals surface area contributed by atoms with Crippen molar-refractivity contribution in [2.45, 2.75) is 52.0 Å². The van der Waals surface area contributed by atoms with Crippen molar-refractivity contribution in [3.8, 4) is 11.1 Å². The van der Waals surface area contributed by atoms with Gasteiger partial charge in [0.1, 0.15) is 5.82 Å². The number of nitrogens with zero attached hydrogens (tertiary/aromatic N) is 3. The van der Waals surface area contributed by atoms with Crippen molar-refractivity contribution >= 4 is 5.97 Å². The van der Waals surface area contributed by atoms with Crippen molar-refractivity contribution in [1.82, 2.24) is 14.8 Å². The van der Waals surface area contributed by atoms with E-state index in [-0.39, 0.29) is 12.0 Å². The number of aromatic carboxylic acids is 1. The molecule has 0 radical (unpaired) electrons. The highest BCUT2D eigenvalue weighted by molar-refractivity contribution is 5.95. The Labute approximate surface area is 174 Å². The molecule has 0 unspecified atom stereocenters. The van der Waals surface area contributed by atoms with E-state index < -0.39 is 17.7 Å². The van der Waals surface area contributed by atoms with Crippen LogP contribution in [-0.4, -0.2) is 25.8 Å². The summed E-state index contributed by atoms with van der Waals surface area (Å²) >= 11 is 0. The first-order valence-corrected chi connectivity index (χ1v) is 10.1. The van der Waals surface area contributed by atoms with Crippen LogP contribution in [0.15, 0.2) is 48.5 Å². The zero-order valence-electron chi connectivity index (χ0n) is 17.1. The van der Waals surface area contributed by atoms with Crippen molar-refractivity contribution in [2.75, 3.05) is 0 Å². The standard InChI is InChI=1S/C23H25F2N3O2/c1-3-7-20-26-22(23(24,25)14-4-2)27-28(20)15-16-10-12-17(13-11-16)18-8-5-6-9-19(18)21(29)30/h5-6,8-13H,3-4,7,14-15H2,1-2H3,(H,29,30). The van der Waals surface area contributed by atoms with E-state index in [1.807, 2.05) is 31.2 Å². The Kier molecular flexibility index (Phi) is 6.59. The summed E-state index contributed by atoms with van der Waals surface area (Å²) in [4.78, 5) is 15.6. The normalized spacial score (nSPS) is 11.6. The molecule has 7 heteroatoms. The number of hydrogen-bond acceptors (Lipinski definition) is 3. The minimum atomic E-state index is -3.03. The fourth-order valence-corrected chi connectivity index (χ4v) is 3.37. The fraction of sp³-hybridized carbons (Fsp3) is 0.348. The maximum Gasteiger partial charge on any atom is 0.336 e. The Bertz CT molecular complexity index is 1010. The molecule has 30 heavy (non-hydrogen) atoms. The zero-order chi connectivity index (χ0) is 21.7. The van der Waals surface area contributed by atoms with Gasteiger partial charge in [0.15, 0.2) is 0 Å². The molecule has 0 spiro atoms. The lowest BCUT2D eigenvalue weighted by molar-refractivity contribution is -0.0232. The van der Waals surface area contributed by atoms with Gasteiger partial charge in [-0.2, -0.15) is 8.78 Å². The largest absolute Gasteiger partial charge is 0.478 e. The quantitative estimate of drug-likeness (QED) is 0.500. The van der Waals surface area contributed by atoms with Crippen molar-refractivity contribution in [3.63, 3.8) is 0 Å². The summed E-state index contributed by atoms with van der Waals surface area (Å²) in [5, 5.41) is 13.5. The lowest BCUT2D eigenvalue weighted by Crippen LogP contribution is -2.15. The summed E-state index contributed by atoms with van der Waals surface area (Å²) in [6, 6.07) is 14.2. The Morgan fingerprint density at radius 3 is 2.40 bits per heavy atom. The molecule has 3 rings (SSSR count). The van der Waals surface area contributed by atoms with Crippen LogP contribution >= 0.6 is 0 Å².